The van der Waals surface area contributed by atoms with Gasteiger partial charge in [-0.05, 0) is 68.1 Å². The Bertz CT molecular complexity index is 1310. The van der Waals surface area contributed by atoms with E-state index in [1.165, 1.54) is 22.0 Å². The molecule has 0 bridgehead atoms. The van der Waals surface area contributed by atoms with Crippen LogP contribution in [0.25, 0.3) is 0 Å². The number of hydrogen-bond acceptors (Lipinski definition) is 6. The average molecular weight is 673 g/mol. The van der Waals surface area contributed by atoms with E-state index in [0.717, 1.165) is 52.0 Å². The molecule has 5 rings (SSSR count). The molecule has 2 aromatic carbocycles. The number of halogens is 3. The molecule has 1 N–H and O–H groups in total. The fraction of sp³-hybridized carbons (Fsp3) is 0.581. The van der Waals surface area contributed by atoms with Crippen LogP contribution in [0.15, 0.2) is 47.4 Å². The highest BCUT2D eigenvalue weighted by molar-refractivity contribution is 7.89. The highest BCUT2D eigenvalue weighted by Crippen LogP contribution is 2.40. The Kier molecular flexibility index (Phi) is 11.7. The Labute approximate surface area is 270 Å². The van der Waals surface area contributed by atoms with Gasteiger partial charge in [0.05, 0.1) is 29.4 Å². The van der Waals surface area contributed by atoms with E-state index in [1.54, 1.807) is 0 Å². The Hall–Kier alpha value is -1.43. The molecule has 0 aromatic heterocycles. The predicted octanol–water partition coefficient (Wildman–Crippen LogP) is 5.81. The van der Waals surface area contributed by atoms with Gasteiger partial charge in [0.15, 0.2) is 0 Å². The van der Waals surface area contributed by atoms with Crippen LogP contribution in [-0.2, 0) is 24.3 Å². The van der Waals surface area contributed by atoms with Gasteiger partial charge in [-0.2, -0.15) is 4.31 Å². The van der Waals surface area contributed by atoms with Crippen molar-refractivity contribution in [3.8, 4) is 0 Å². The number of morpholine rings is 1. The number of carbonyl (C=O) groups excluding carboxylic acids is 1. The average Bonchev–Trinajstić information content (AvgIpc) is 3.00. The quantitative estimate of drug-likeness (QED) is 0.343. The first-order valence-electron chi connectivity index (χ1n) is 15.1. The van der Waals surface area contributed by atoms with Crippen LogP contribution in [0.1, 0.15) is 50.1 Å². The lowest BCUT2D eigenvalue weighted by Crippen LogP contribution is -2.44. The summed E-state index contributed by atoms with van der Waals surface area (Å²) >= 11 is 18.4. The van der Waals surface area contributed by atoms with Crippen molar-refractivity contribution in [1.82, 2.24) is 14.5 Å². The number of carbonyl (C=O) groups is 1. The molecule has 43 heavy (non-hydrogen) atoms. The molecular formula is C31H40Cl3N3O5S. The first-order valence-corrected chi connectivity index (χ1v) is 17.7. The summed E-state index contributed by atoms with van der Waals surface area (Å²) in [4.78, 5) is 15.1. The second kappa shape index (κ2) is 15.2. The van der Waals surface area contributed by atoms with Crippen LogP contribution in [0.2, 0.25) is 15.1 Å². The van der Waals surface area contributed by atoms with Crippen molar-refractivity contribution in [2.45, 2.75) is 55.6 Å². The van der Waals surface area contributed by atoms with E-state index in [4.69, 9.17) is 44.3 Å². The summed E-state index contributed by atoms with van der Waals surface area (Å²) in [5, 5.41) is 3.26. The number of hydrogen-bond donors (Lipinski definition) is 1. The normalized spacial score (nSPS) is 24.9. The van der Waals surface area contributed by atoms with Crippen molar-refractivity contribution < 1.29 is 22.7 Å². The van der Waals surface area contributed by atoms with Gasteiger partial charge in [0.2, 0.25) is 15.9 Å². The Morgan fingerprint density at radius 2 is 1.65 bits per heavy atom. The van der Waals surface area contributed by atoms with Crippen LogP contribution in [-0.4, -0.2) is 82.2 Å². The largest absolute Gasteiger partial charge is 0.379 e. The maximum Gasteiger partial charge on any atom is 0.246 e. The number of ether oxygens (including phenoxy) is 2. The second-order valence-corrected chi connectivity index (χ2v) is 14.9. The zero-order valence-corrected chi connectivity index (χ0v) is 27.3. The Morgan fingerprint density at radius 3 is 2.33 bits per heavy atom. The molecule has 236 valence electrons. The summed E-state index contributed by atoms with van der Waals surface area (Å²) in [5.74, 6) is 0.839. The molecule has 2 atom stereocenters. The lowest BCUT2D eigenvalue weighted by molar-refractivity contribution is -0.128. The molecule has 1 saturated carbocycles. The van der Waals surface area contributed by atoms with Crippen LogP contribution in [0.3, 0.4) is 0 Å². The first-order chi connectivity index (χ1) is 20.7. The van der Waals surface area contributed by atoms with Crippen molar-refractivity contribution >= 4 is 50.7 Å². The van der Waals surface area contributed by atoms with Crippen LogP contribution >= 0.6 is 34.8 Å². The summed E-state index contributed by atoms with van der Waals surface area (Å²) in [6, 6.07) is 13.9. The van der Waals surface area contributed by atoms with Crippen LogP contribution in [0, 0.1) is 11.8 Å². The lowest BCUT2D eigenvalue weighted by atomic mass is 9.76. The van der Waals surface area contributed by atoms with Gasteiger partial charge >= 0.3 is 0 Å². The van der Waals surface area contributed by atoms with Crippen molar-refractivity contribution in [2.75, 3.05) is 52.5 Å². The van der Waals surface area contributed by atoms with Gasteiger partial charge in [-0.25, -0.2) is 8.42 Å². The molecule has 2 heterocycles. The smallest absolute Gasteiger partial charge is 0.246 e. The molecule has 3 aliphatic rings. The fourth-order valence-corrected chi connectivity index (χ4v) is 9.66. The number of sulfonamides is 1. The lowest BCUT2D eigenvalue weighted by Gasteiger charge is -2.42. The number of benzene rings is 2. The summed E-state index contributed by atoms with van der Waals surface area (Å²) in [6.07, 6.45) is 5.27. The number of rotatable bonds is 10. The van der Waals surface area contributed by atoms with E-state index >= 15 is 0 Å². The number of nitrogens with zero attached hydrogens (tertiary/aromatic N) is 2. The number of piperidine rings is 1. The Balaban J connectivity index is 1.07. The van der Waals surface area contributed by atoms with E-state index in [9.17, 15) is 13.2 Å². The maximum absolute atomic E-state index is 13.3. The van der Waals surface area contributed by atoms with E-state index in [2.05, 4.69) is 40.5 Å². The minimum absolute atomic E-state index is 0.0226. The molecule has 8 nitrogen and oxygen atoms in total. The molecule has 2 unspecified atom stereocenters. The van der Waals surface area contributed by atoms with E-state index < -0.39 is 16.1 Å². The summed E-state index contributed by atoms with van der Waals surface area (Å²) < 4.78 is 39.4. The van der Waals surface area contributed by atoms with Crippen molar-refractivity contribution in [1.29, 1.82) is 0 Å². The van der Waals surface area contributed by atoms with Crippen LogP contribution < -0.4 is 5.32 Å². The second-order valence-electron chi connectivity index (χ2n) is 11.7. The van der Waals surface area contributed by atoms with Crippen molar-refractivity contribution in [3.63, 3.8) is 0 Å². The van der Waals surface area contributed by atoms with Gasteiger partial charge in [0.1, 0.15) is 11.5 Å². The predicted molar refractivity (Wildman–Crippen MR) is 169 cm³/mol. The molecule has 0 radical (unpaired) electrons. The first kappa shape index (κ1) is 32.9. The minimum atomic E-state index is -3.95. The number of nitrogens with one attached hydrogen (secondary N) is 1. The van der Waals surface area contributed by atoms with Crippen LogP contribution in [0.5, 0.6) is 0 Å². The summed E-state index contributed by atoms with van der Waals surface area (Å²) in [7, 11) is -3.95. The molecule has 2 aromatic rings. The molecule has 1 amide bonds. The topological polar surface area (TPSA) is 88.2 Å². The van der Waals surface area contributed by atoms with E-state index in [1.807, 2.05) is 0 Å². The minimum Gasteiger partial charge on any atom is -0.379 e. The summed E-state index contributed by atoms with van der Waals surface area (Å²) in [5.41, 5.74) is 1.38. The third-order valence-corrected chi connectivity index (χ3v) is 11.9. The van der Waals surface area contributed by atoms with Gasteiger partial charge in [0, 0.05) is 43.8 Å². The van der Waals surface area contributed by atoms with Gasteiger partial charge in [0.25, 0.3) is 0 Å². The van der Waals surface area contributed by atoms with Crippen molar-refractivity contribution in [3.05, 3.63) is 63.1 Å². The zero-order valence-electron chi connectivity index (χ0n) is 24.2. The third-order valence-electron chi connectivity index (χ3n) is 8.86. The standard InChI is InChI=1S/C31H40Cl3N3O5S/c32-25-17-27(33)31(28(34)18-25)43(39,40)37-12-4-7-26(20-37)42-21-29(38)35-19-22-8-10-24(11-9-22)30(23-5-2-1-3-6-23)36-13-15-41-16-14-36/h1-3,5-6,17-18,22,24,26,30H,4,7-16,19-21H2,(H,35,38). The zero-order chi connectivity index (χ0) is 30.4. The SMILES string of the molecule is O=C(COC1CCCN(S(=O)(=O)c2c(Cl)cc(Cl)cc2Cl)C1)NCC1CCC(C(c2ccccc2)N2CCOCC2)CC1. The van der Waals surface area contributed by atoms with Gasteiger partial charge in [-0.3, -0.25) is 9.69 Å². The molecule has 1 aliphatic carbocycles. The molecule has 2 saturated heterocycles. The fourth-order valence-electron chi connectivity index (χ4n) is 6.66. The monoisotopic (exact) mass is 671 g/mol. The Morgan fingerprint density at radius 1 is 0.977 bits per heavy atom. The van der Waals surface area contributed by atoms with Gasteiger partial charge in [-0.15, -0.1) is 0 Å². The van der Waals surface area contributed by atoms with Crippen LogP contribution in [0.4, 0.5) is 0 Å². The van der Waals surface area contributed by atoms with Crippen molar-refractivity contribution in [2.24, 2.45) is 11.8 Å². The van der Waals surface area contributed by atoms with Gasteiger partial charge in [-0.1, -0.05) is 65.1 Å². The highest BCUT2D eigenvalue weighted by Gasteiger charge is 2.35. The molecule has 3 fully saturated rings. The maximum atomic E-state index is 13.3. The van der Waals surface area contributed by atoms with E-state index in [-0.39, 0.29) is 39.0 Å². The molecule has 0 spiro atoms. The number of amides is 1. The molecule has 2 aliphatic heterocycles. The van der Waals surface area contributed by atoms with Gasteiger partial charge < -0.3 is 14.8 Å². The molecule has 12 heteroatoms. The summed E-state index contributed by atoms with van der Waals surface area (Å²) in [6.45, 7) is 4.46. The molecular weight excluding hydrogens is 633 g/mol. The highest BCUT2D eigenvalue weighted by atomic mass is 35.5. The third kappa shape index (κ3) is 8.44. The van der Waals surface area contributed by atoms with E-state index in [0.29, 0.717) is 43.8 Å².